The lowest BCUT2D eigenvalue weighted by Crippen LogP contribution is -2.52. The molecule has 1 aromatic carbocycles. The van der Waals surface area contributed by atoms with Crippen LogP contribution in [0.25, 0.3) is 0 Å². The molecule has 1 N–H and O–H groups in total. The van der Waals surface area contributed by atoms with Gasteiger partial charge in [0.2, 0.25) is 0 Å². The third kappa shape index (κ3) is 3.60. The summed E-state index contributed by atoms with van der Waals surface area (Å²) in [5, 5.41) is 12.1. The second kappa shape index (κ2) is 7.49. The van der Waals surface area contributed by atoms with Crippen LogP contribution in [0.3, 0.4) is 0 Å². The predicted molar refractivity (Wildman–Crippen MR) is 87.3 cm³/mol. The molecule has 128 valence electrons. The Morgan fingerprint density at radius 3 is 2.83 bits per heavy atom. The molecule has 0 aromatic heterocycles. The molecule has 1 aromatic rings. The SMILES string of the molecule is N#Cc1c(F)cccc1N1CCN(C(=O)NCC2CCCO2)CC1. The number of amides is 2. The predicted octanol–water partition coefficient (Wildman–Crippen LogP) is 1.71. The van der Waals surface area contributed by atoms with Crippen molar-refractivity contribution < 1.29 is 13.9 Å². The third-order valence-corrected chi connectivity index (χ3v) is 4.52. The van der Waals surface area contributed by atoms with Gasteiger partial charge in [0.1, 0.15) is 17.4 Å². The number of rotatable bonds is 3. The van der Waals surface area contributed by atoms with Crippen LogP contribution in [-0.4, -0.2) is 56.4 Å². The van der Waals surface area contributed by atoms with E-state index in [-0.39, 0.29) is 17.7 Å². The van der Waals surface area contributed by atoms with E-state index in [2.05, 4.69) is 5.32 Å². The van der Waals surface area contributed by atoms with Gasteiger partial charge in [0.15, 0.2) is 0 Å². The van der Waals surface area contributed by atoms with Crippen molar-refractivity contribution in [2.45, 2.75) is 18.9 Å². The summed E-state index contributed by atoms with van der Waals surface area (Å²) in [5.74, 6) is -0.508. The van der Waals surface area contributed by atoms with Gasteiger partial charge in [-0.15, -0.1) is 0 Å². The number of halogens is 1. The Kier molecular flexibility index (Phi) is 5.16. The van der Waals surface area contributed by atoms with Crippen LogP contribution in [0.2, 0.25) is 0 Å². The van der Waals surface area contributed by atoms with Gasteiger partial charge < -0.3 is 19.9 Å². The van der Waals surface area contributed by atoms with E-state index < -0.39 is 5.82 Å². The van der Waals surface area contributed by atoms with Crippen molar-refractivity contribution in [3.8, 4) is 6.07 Å². The van der Waals surface area contributed by atoms with E-state index in [9.17, 15) is 9.18 Å². The molecule has 2 amide bonds. The van der Waals surface area contributed by atoms with E-state index in [1.807, 2.05) is 11.0 Å². The van der Waals surface area contributed by atoms with Crippen molar-refractivity contribution >= 4 is 11.7 Å². The highest BCUT2D eigenvalue weighted by atomic mass is 19.1. The number of nitrogens with one attached hydrogen (secondary N) is 1. The van der Waals surface area contributed by atoms with E-state index in [1.165, 1.54) is 6.07 Å². The summed E-state index contributed by atoms with van der Waals surface area (Å²) < 4.78 is 19.2. The van der Waals surface area contributed by atoms with E-state index in [4.69, 9.17) is 10.00 Å². The number of nitriles is 1. The summed E-state index contributed by atoms with van der Waals surface area (Å²) in [6, 6.07) is 6.47. The van der Waals surface area contributed by atoms with Crippen LogP contribution in [-0.2, 0) is 4.74 Å². The maximum absolute atomic E-state index is 13.7. The second-order valence-electron chi connectivity index (χ2n) is 6.04. The average Bonchev–Trinajstić information content (AvgIpc) is 3.13. The van der Waals surface area contributed by atoms with Gasteiger partial charge in [-0.05, 0) is 25.0 Å². The van der Waals surface area contributed by atoms with Gasteiger partial charge in [0, 0.05) is 39.3 Å². The molecular weight excluding hydrogens is 311 g/mol. The third-order valence-electron chi connectivity index (χ3n) is 4.52. The van der Waals surface area contributed by atoms with Gasteiger partial charge in [-0.2, -0.15) is 5.26 Å². The first kappa shape index (κ1) is 16.5. The lowest BCUT2D eigenvalue weighted by atomic mass is 10.1. The number of hydrogen-bond donors (Lipinski definition) is 1. The summed E-state index contributed by atoms with van der Waals surface area (Å²) in [5.41, 5.74) is 0.658. The lowest BCUT2D eigenvalue weighted by Gasteiger charge is -2.36. The van der Waals surface area contributed by atoms with E-state index in [0.717, 1.165) is 19.4 Å². The molecule has 0 aliphatic carbocycles. The van der Waals surface area contributed by atoms with Crippen molar-refractivity contribution in [1.82, 2.24) is 10.2 Å². The molecule has 0 spiro atoms. The molecule has 7 heteroatoms. The summed E-state index contributed by atoms with van der Waals surface area (Å²) >= 11 is 0. The molecule has 0 radical (unpaired) electrons. The van der Waals surface area contributed by atoms with E-state index in [0.29, 0.717) is 38.4 Å². The minimum absolute atomic E-state index is 0.0637. The molecule has 3 rings (SSSR count). The van der Waals surface area contributed by atoms with Gasteiger partial charge in [0.25, 0.3) is 0 Å². The summed E-state index contributed by atoms with van der Waals surface area (Å²) in [6.45, 7) is 3.55. The van der Waals surface area contributed by atoms with Crippen molar-refractivity contribution in [3.63, 3.8) is 0 Å². The Hall–Kier alpha value is -2.33. The van der Waals surface area contributed by atoms with Gasteiger partial charge in [-0.3, -0.25) is 0 Å². The number of carbonyl (C=O) groups is 1. The smallest absolute Gasteiger partial charge is 0.317 e. The summed E-state index contributed by atoms with van der Waals surface area (Å²) in [4.78, 5) is 15.9. The number of carbonyl (C=O) groups excluding carboxylic acids is 1. The van der Waals surface area contributed by atoms with Crippen LogP contribution < -0.4 is 10.2 Å². The molecule has 0 saturated carbocycles. The number of benzene rings is 1. The van der Waals surface area contributed by atoms with Gasteiger partial charge in [-0.1, -0.05) is 6.07 Å². The Balaban J connectivity index is 1.53. The number of hydrogen-bond acceptors (Lipinski definition) is 4. The molecule has 2 saturated heterocycles. The monoisotopic (exact) mass is 332 g/mol. The van der Waals surface area contributed by atoms with Crippen molar-refractivity contribution in [2.75, 3.05) is 44.2 Å². The quantitative estimate of drug-likeness (QED) is 0.915. The first-order chi connectivity index (χ1) is 11.7. The molecule has 1 unspecified atom stereocenters. The van der Waals surface area contributed by atoms with Crippen molar-refractivity contribution in [1.29, 1.82) is 5.26 Å². The van der Waals surface area contributed by atoms with Crippen LogP contribution in [0.5, 0.6) is 0 Å². The zero-order valence-corrected chi connectivity index (χ0v) is 13.5. The molecule has 0 bridgehead atoms. The van der Waals surface area contributed by atoms with E-state index in [1.54, 1.807) is 17.0 Å². The summed E-state index contributed by atoms with van der Waals surface area (Å²) in [7, 11) is 0. The zero-order chi connectivity index (χ0) is 16.9. The molecule has 1 atom stereocenters. The maximum atomic E-state index is 13.7. The van der Waals surface area contributed by atoms with Crippen molar-refractivity contribution in [3.05, 3.63) is 29.6 Å². The first-order valence-electron chi connectivity index (χ1n) is 8.27. The second-order valence-corrected chi connectivity index (χ2v) is 6.04. The minimum atomic E-state index is -0.508. The molecule has 2 aliphatic rings. The fourth-order valence-electron chi connectivity index (χ4n) is 3.16. The fraction of sp³-hybridized carbons (Fsp3) is 0.529. The van der Waals surface area contributed by atoms with Gasteiger partial charge in [0.05, 0.1) is 11.8 Å². The highest BCUT2D eigenvalue weighted by molar-refractivity contribution is 5.74. The summed E-state index contributed by atoms with van der Waals surface area (Å²) in [6.07, 6.45) is 2.17. The maximum Gasteiger partial charge on any atom is 0.317 e. The largest absolute Gasteiger partial charge is 0.376 e. The fourth-order valence-corrected chi connectivity index (χ4v) is 3.16. The highest BCUT2D eigenvalue weighted by Crippen LogP contribution is 2.23. The zero-order valence-electron chi connectivity index (χ0n) is 13.5. The number of urea groups is 1. The van der Waals surface area contributed by atoms with E-state index >= 15 is 0 Å². The molecule has 2 aliphatic heterocycles. The standard InChI is InChI=1S/C17H21FN4O2/c18-15-4-1-5-16(14(15)11-19)21-6-8-22(9-7-21)17(23)20-12-13-3-2-10-24-13/h1,4-5,13H,2-3,6-10,12H2,(H,20,23). The molecule has 2 fully saturated rings. The Labute approximate surface area is 140 Å². The number of anilines is 1. The Morgan fingerprint density at radius 1 is 1.38 bits per heavy atom. The van der Waals surface area contributed by atoms with Crippen LogP contribution >= 0.6 is 0 Å². The Bertz CT molecular complexity index is 632. The molecular formula is C17H21FN4O2. The lowest BCUT2D eigenvalue weighted by molar-refractivity contribution is 0.108. The number of ether oxygens (including phenoxy) is 1. The van der Waals surface area contributed by atoms with Crippen LogP contribution in [0.15, 0.2) is 18.2 Å². The van der Waals surface area contributed by atoms with Gasteiger partial charge in [-0.25, -0.2) is 9.18 Å². The van der Waals surface area contributed by atoms with Crippen LogP contribution in [0.4, 0.5) is 14.9 Å². The first-order valence-corrected chi connectivity index (χ1v) is 8.27. The van der Waals surface area contributed by atoms with Gasteiger partial charge >= 0.3 is 6.03 Å². The van der Waals surface area contributed by atoms with Crippen molar-refractivity contribution in [2.24, 2.45) is 0 Å². The molecule has 6 nitrogen and oxygen atoms in total. The highest BCUT2D eigenvalue weighted by Gasteiger charge is 2.24. The normalized spacial score (nSPS) is 20.8. The Morgan fingerprint density at radius 2 is 2.17 bits per heavy atom. The number of piperazine rings is 1. The molecule has 2 heterocycles. The van der Waals surface area contributed by atoms with Crippen LogP contribution in [0.1, 0.15) is 18.4 Å². The van der Waals surface area contributed by atoms with Crippen LogP contribution in [0, 0.1) is 17.1 Å². The number of nitrogens with zero attached hydrogens (tertiary/aromatic N) is 3. The minimum Gasteiger partial charge on any atom is -0.376 e. The average molecular weight is 332 g/mol. The topological polar surface area (TPSA) is 68.6 Å². The molecule has 24 heavy (non-hydrogen) atoms.